The van der Waals surface area contributed by atoms with E-state index in [0.717, 1.165) is 0 Å². The van der Waals surface area contributed by atoms with E-state index in [9.17, 15) is 4.79 Å². The van der Waals surface area contributed by atoms with Gasteiger partial charge in [-0.05, 0) is 18.2 Å². The van der Waals surface area contributed by atoms with Gasteiger partial charge in [-0.15, -0.1) is 0 Å². The van der Waals surface area contributed by atoms with E-state index in [1.807, 2.05) is 0 Å². The van der Waals surface area contributed by atoms with Crippen LogP contribution in [0, 0.1) is 0 Å². The molecule has 0 heterocycles. The lowest BCUT2D eigenvalue weighted by Gasteiger charge is -2.15. The highest BCUT2D eigenvalue weighted by Gasteiger charge is 2.22. The van der Waals surface area contributed by atoms with Crippen molar-refractivity contribution >= 4 is 5.97 Å². The van der Waals surface area contributed by atoms with Crippen molar-refractivity contribution < 1.29 is 19.4 Å². The van der Waals surface area contributed by atoms with Crippen LogP contribution in [0.5, 0.6) is 11.5 Å². The molecule has 0 saturated carbocycles. The Balaban J connectivity index is 3.21. The van der Waals surface area contributed by atoms with Crippen LogP contribution < -0.4 is 15.2 Å². The molecule has 0 radical (unpaired) electrons. The van der Waals surface area contributed by atoms with E-state index in [1.54, 1.807) is 18.2 Å². The van der Waals surface area contributed by atoms with Gasteiger partial charge in [0.15, 0.2) is 0 Å². The van der Waals surface area contributed by atoms with Crippen LogP contribution in [-0.2, 0) is 4.79 Å². The number of ether oxygens (including phenoxy) is 2. The number of nitrogens with two attached hydrogens (primary N) is 1. The fraction of sp³-hybridized carbons (Fsp3) is 0.364. The number of hydrogen-bond acceptors (Lipinski definition) is 4. The summed E-state index contributed by atoms with van der Waals surface area (Å²) >= 11 is 0. The van der Waals surface area contributed by atoms with Crippen LogP contribution >= 0.6 is 0 Å². The molecule has 0 amide bonds. The lowest BCUT2D eigenvalue weighted by Crippen LogP contribution is -2.21. The maximum Gasteiger partial charge on any atom is 0.312 e. The Morgan fingerprint density at radius 1 is 1.44 bits per heavy atom. The third kappa shape index (κ3) is 2.43. The van der Waals surface area contributed by atoms with Gasteiger partial charge in [0.05, 0.1) is 20.1 Å². The average molecular weight is 225 g/mol. The summed E-state index contributed by atoms with van der Waals surface area (Å²) in [7, 11) is 3.00. The molecule has 0 aliphatic rings. The first-order valence-corrected chi connectivity index (χ1v) is 4.78. The summed E-state index contributed by atoms with van der Waals surface area (Å²) in [6.45, 7) is 0.0128. The van der Waals surface area contributed by atoms with Crippen molar-refractivity contribution in [2.75, 3.05) is 20.8 Å². The van der Waals surface area contributed by atoms with Gasteiger partial charge in [-0.25, -0.2) is 0 Å². The summed E-state index contributed by atoms with van der Waals surface area (Å²) in [6.07, 6.45) is 0. The van der Waals surface area contributed by atoms with Gasteiger partial charge in [0, 0.05) is 12.1 Å². The predicted molar refractivity (Wildman–Crippen MR) is 59.0 cm³/mol. The van der Waals surface area contributed by atoms with E-state index >= 15 is 0 Å². The number of methoxy groups -OCH3 is 2. The van der Waals surface area contributed by atoms with E-state index in [0.29, 0.717) is 17.1 Å². The van der Waals surface area contributed by atoms with Crippen molar-refractivity contribution in [1.29, 1.82) is 0 Å². The Kier molecular flexibility index (Phi) is 4.13. The largest absolute Gasteiger partial charge is 0.497 e. The van der Waals surface area contributed by atoms with E-state index in [1.165, 1.54) is 14.2 Å². The number of carboxylic acids is 1. The fourth-order valence-corrected chi connectivity index (χ4v) is 1.47. The smallest absolute Gasteiger partial charge is 0.312 e. The first-order chi connectivity index (χ1) is 7.63. The van der Waals surface area contributed by atoms with Crippen LogP contribution in [0.3, 0.4) is 0 Å². The highest BCUT2D eigenvalue weighted by molar-refractivity contribution is 5.77. The van der Waals surface area contributed by atoms with Gasteiger partial charge in [0.2, 0.25) is 0 Å². The molecule has 1 atom stereocenters. The fourth-order valence-electron chi connectivity index (χ4n) is 1.47. The van der Waals surface area contributed by atoms with Crippen LogP contribution in [0.4, 0.5) is 0 Å². The molecule has 1 aromatic carbocycles. The summed E-state index contributed by atoms with van der Waals surface area (Å²) in [4.78, 5) is 11.0. The van der Waals surface area contributed by atoms with Gasteiger partial charge in [0.25, 0.3) is 0 Å². The molecule has 5 heteroatoms. The van der Waals surface area contributed by atoms with Crippen LogP contribution in [0.25, 0.3) is 0 Å². The molecule has 1 aromatic rings. The van der Waals surface area contributed by atoms with Crippen molar-refractivity contribution in [3.8, 4) is 11.5 Å². The standard InChI is InChI=1S/C11H15NO4/c1-15-7-3-4-10(16-2)8(5-7)9(6-12)11(13)14/h3-5,9H,6,12H2,1-2H3,(H,13,14). The van der Waals surface area contributed by atoms with E-state index in [-0.39, 0.29) is 6.54 Å². The van der Waals surface area contributed by atoms with Crippen LogP contribution in [0.1, 0.15) is 11.5 Å². The molecule has 0 bridgehead atoms. The van der Waals surface area contributed by atoms with E-state index in [4.69, 9.17) is 20.3 Å². The first kappa shape index (κ1) is 12.3. The Bertz CT molecular complexity index is 378. The third-order valence-electron chi connectivity index (χ3n) is 2.35. The second-order valence-corrected chi connectivity index (χ2v) is 3.23. The zero-order chi connectivity index (χ0) is 12.1. The topological polar surface area (TPSA) is 81.8 Å². The molecule has 16 heavy (non-hydrogen) atoms. The molecular weight excluding hydrogens is 210 g/mol. The highest BCUT2D eigenvalue weighted by Crippen LogP contribution is 2.30. The predicted octanol–water partition coefficient (Wildman–Crippen LogP) is 0.831. The van der Waals surface area contributed by atoms with Crippen molar-refractivity contribution in [1.82, 2.24) is 0 Å². The molecule has 3 N–H and O–H groups in total. The molecule has 0 aromatic heterocycles. The minimum Gasteiger partial charge on any atom is -0.497 e. The summed E-state index contributed by atoms with van der Waals surface area (Å²) in [6, 6.07) is 5.00. The zero-order valence-corrected chi connectivity index (χ0v) is 9.27. The number of carboxylic acid groups (broad SMARTS) is 1. The SMILES string of the molecule is COc1ccc(OC)c(C(CN)C(=O)O)c1. The summed E-state index contributed by atoms with van der Waals surface area (Å²) in [5.41, 5.74) is 5.97. The molecule has 0 spiro atoms. The normalized spacial score (nSPS) is 11.9. The zero-order valence-electron chi connectivity index (χ0n) is 9.27. The van der Waals surface area contributed by atoms with Gasteiger partial charge in [0.1, 0.15) is 11.5 Å². The molecule has 1 unspecified atom stereocenters. The van der Waals surface area contributed by atoms with Gasteiger partial charge < -0.3 is 20.3 Å². The molecule has 88 valence electrons. The maximum absolute atomic E-state index is 11.0. The lowest BCUT2D eigenvalue weighted by atomic mass is 9.98. The Morgan fingerprint density at radius 2 is 2.12 bits per heavy atom. The third-order valence-corrected chi connectivity index (χ3v) is 2.35. The monoisotopic (exact) mass is 225 g/mol. The molecule has 0 saturated heterocycles. The average Bonchev–Trinajstić information content (AvgIpc) is 2.29. The summed E-state index contributed by atoms with van der Waals surface area (Å²) in [5.74, 6) is -0.687. The molecule has 0 fully saturated rings. The maximum atomic E-state index is 11.0. The minimum atomic E-state index is -0.978. The Morgan fingerprint density at radius 3 is 2.56 bits per heavy atom. The number of benzene rings is 1. The summed E-state index contributed by atoms with van der Waals surface area (Å²) < 4.78 is 10.1. The second kappa shape index (κ2) is 5.37. The molecule has 0 aliphatic carbocycles. The first-order valence-electron chi connectivity index (χ1n) is 4.78. The highest BCUT2D eigenvalue weighted by atomic mass is 16.5. The van der Waals surface area contributed by atoms with Crippen molar-refractivity contribution in [2.45, 2.75) is 5.92 Å². The van der Waals surface area contributed by atoms with Crippen LogP contribution in [0.2, 0.25) is 0 Å². The second-order valence-electron chi connectivity index (χ2n) is 3.23. The number of aliphatic carboxylic acids is 1. The number of rotatable bonds is 5. The van der Waals surface area contributed by atoms with Crippen molar-refractivity contribution in [3.05, 3.63) is 23.8 Å². The van der Waals surface area contributed by atoms with Gasteiger partial charge >= 0.3 is 5.97 Å². The quantitative estimate of drug-likeness (QED) is 0.775. The number of carbonyl (C=O) groups is 1. The van der Waals surface area contributed by atoms with E-state index in [2.05, 4.69) is 0 Å². The Hall–Kier alpha value is -1.75. The van der Waals surface area contributed by atoms with Gasteiger partial charge in [-0.3, -0.25) is 4.79 Å². The van der Waals surface area contributed by atoms with Crippen molar-refractivity contribution in [3.63, 3.8) is 0 Å². The van der Waals surface area contributed by atoms with Gasteiger partial charge in [-0.1, -0.05) is 0 Å². The number of hydrogen-bond donors (Lipinski definition) is 2. The Labute approximate surface area is 93.8 Å². The molecular formula is C11H15NO4. The van der Waals surface area contributed by atoms with Gasteiger partial charge in [-0.2, -0.15) is 0 Å². The van der Waals surface area contributed by atoms with Crippen LogP contribution in [0.15, 0.2) is 18.2 Å². The van der Waals surface area contributed by atoms with Crippen LogP contribution in [-0.4, -0.2) is 31.8 Å². The van der Waals surface area contributed by atoms with E-state index < -0.39 is 11.9 Å². The molecule has 0 aliphatic heterocycles. The minimum absolute atomic E-state index is 0.0128. The van der Waals surface area contributed by atoms with Crippen molar-refractivity contribution in [2.24, 2.45) is 5.73 Å². The lowest BCUT2D eigenvalue weighted by molar-refractivity contribution is -0.138. The molecule has 5 nitrogen and oxygen atoms in total. The molecule has 1 rings (SSSR count). The summed E-state index contributed by atoms with van der Waals surface area (Å²) in [5, 5.41) is 9.03.